The van der Waals surface area contributed by atoms with Crippen molar-refractivity contribution in [3.63, 3.8) is 0 Å². The maximum Gasteiger partial charge on any atom is 0.348 e. The van der Waals surface area contributed by atoms with Gasteiger partial charge in [0.15, 0.2) is 5.82 Å². The fraction of sp³-hybridized carbons (Fsp3) is 0.300. The molecule has 4 N–H and O–H groups in total. The summed E-state index contributed by atoms with van der Waals surface area (Å²) in [7, 11) is 0. The van der Waals surface area contributed by atoms with E-state index in [1.807, 2.05) is 31.2 Å². The van der Waals surface area contributed by atoms with Gasteiger partial charge in [-0.3, -0.25) is 0 Å². The Bertz CT molecular complexity index is 1090. The summed E-state index contributed by atoms with van der Waals surface area (Å²) in [4.78, 5) is 25.1. The molecule has 0 spiro atoms. The molecule has 9 nitrogen and oxygen atoms in total. The fourth-order valence-corrected chi connectivity index (χ4v) is 4.77. The maximum absolute atomic E-state index is 12.5. The summed E-state index contributed by atoms with van der Waals surface area (Å²) < 4.78 is 11.6. The van der Waals surface area contributed by atoms with Crippen molar-refractivity contribution in [2.24, 2.45) is 0 Å². The zero-order valence-electron chi connectivity index (χ0n) is 17.4. The van der Waals surface area contributed by atoms with E-state index < -0.39 is 11.9 Å². The highest BCUT2D eigenvalue weighted by atomic mass is 32.2. The molecule has 0 atom stereocenters. The summed E-state index contributed by atoms with van der Waals surface area (Å²) in [6, 6.07) is 7.74. The summed E-state index contributed by atoms with van der Waals surface area (Å²) in [5, 5.41) is 8.94. The van der Waals surface area contributed by atoms with Gasteiger partial charge in [-0.05, 0) is 20.8 Å². The van der Waals surface area contributed by atoms with Crippen LogP contribution in [0.4, 0.5) is 5.00 Å². The zero-order valence-corrected chi connectivity index (χ0v) is 19.0. The van der Waals surface area contributed by atoms with Gasteiger partial charge in [0.1, 0.15) is 9.88 Å². The molecule has 0 saturated heterocycles. The number of aromatic nitrogens is 3. The Hall–Kier alpha value is -3.05. The Balaban J connectivity index is 1.91. The largest absolute Gasteiger partial charge is 0.462 e. The standard InChI is InChI=1S/C20H23N5O4S2/c1-4-28-18(26)14-13(15(31-16(14)21)19(27)29-5-2)10-30-20-24-23-17(25(20)22)12-8-6-11(3)7-9-12/h6-9H,4-5,10,21-22H2,1-3H3. The summed E-state index contributed by atoms with van der Waals surface area (Å²) in [6.45, 7) is 5.79. The van der Waals surface area contributed by atoms with Crippen LogP contribution in [0.25, 0.3) is 11.4 Å². The van der Waals surface area contributed by atoms with Gasteiger partial charge in [0.05, 0.1) is 18.8 Å². The first-order chi connectivity index (χ1) is 14.9. The maximum atomic E-state index is 12.5. The lowest BCUT2D eigenvalue weighted by Gasteiger charge is -2.08. The molecular formula is C20H23N5O4S2. The topological polar surface area (TPSA) is 135 Å². The Morgan fingerprint density at radius 2 is 1.74 bits per heavy atom. The van der Waals surface area contributed by atoms with Gasteiger partial charge < -0.3 is 21.1 Å². The fourth-order valence-electron chi connectivity index (χ4n) is 2.82. The van der Waals surface area contributed by atoms with E-state index in [4.69, 9.17) is 21.1 Å². The SMILES string of the molecule is CCOC(=O)c1sc(N)c(C(=O)OCC)c1CSc1nnc(-c2ccc(C)cc2)n1N. The van der Waals surface area contributed by atoms with Crippen LogP contribution in [0.3, 0.4) is 0 Å². The van der Waals surface area contributed by atoms with E-state index in [0.717, 1.165) is 22.5 Å². The van der Waals surface area contributed by atoms with E-state index in [9.17, 15) is 9.59 Å². The second kappa shape index (κ2) is 9.84. The highest BCUT2D eigenvalue weighted by Crippen LogP contribution is 2.36. The van der Waals surface area contributed by atoms with Crippen LogP contribution in [0, 0.1) is 6.92 Å². The molecule has 0 radical (unpaired) electrons. The molecule has 0 bridgehead atoms. The number of nitrogen functional groups attached to an aromatic ring is 2. The predicted molar refractivity (Wildman–Crippen MR) is 121 cm³/mol. The number of anilines is 1. The number of aryl methyl sites for hydroxylation is 1. The van der Waals surface area contributed by atoms with Crippen molar-refractivity contribution >= 4 is 40.0 Å². The minimum atomic E-state index is -0.586. The van der Waals surface area contributed by atoms with Crippen LogP contribution in [0.15, 0.2) is 29.4 Å². The Morgan fingerprint density at radius 3 is 2.39 bits per heavy atom. The van der Waals surface area contributed by atoms with E-state index in [0.29, 0.717) is 16.5 Å². The smallest absolute Gasteiger partial charge is 0.348 e. The number of hydrogen-bond acceptors (Lipinski definition) is 10. The van der Waals surface area contributed by atoms with Gasteiger partial charge >= 0.3 is 11.9 Å². The summed E-state index contributed by atoms with van der Waals surface area (Å²) >= 11 is 2.23. The molecule has 11 heteroatoms. The number of rotatable bonds is 8. The van der Waals surface area contributed by atoms with Gasteiger partial charge in [0.2, 0.25) is 5.16 Å². The Kier molecular flexibility index (Phi) is 7.18. The number of nitrogens with two attached hydrogens (primary N) is 2. The number of hydrogen-bond donors (Lipinski definition) is 2. The number of benzene rings is 1. The lowest BCUT2D eigenvalue weighted by molar-refractivity contribution is 0.0527. The number of nitrogens with zero attached hydrogens (tertiary/aromatic N) is 3. The average molecular weight is 462 g/mol. The van der Waals surface area contributed by atoms with Crippen molar-refractivity contribution in [3.8, 4) is 11.4 Å². The molecule has 1 aromatic carbocycles. The van der Waals surface area contributed by atoms with Crippen molar-refractivity contribution in [3.05, 3.63) is 45.8 Å². The third-order valence-electron chi connectivity index (χ3n) is 4.29. The number of esters is 2. The van der Waals surface area contributed by atoms with Crippen molar-refractivity contribution in [2.75, 3.05) is 24.8 Å². The monoisotopic (exact) mass is 461 g/mol. The van der Waals surface area contributed by atoms with Crippen LogP contribution < -0.4 is 11.6 Å². The van der Waals surface area contributed by atoms with Crippen LogP contribution >= 0.6 is 23.1 Å². The molecule has 0 aliphatic carbocycles. The molecule has 164 valence electrons. The Labute approximate surface area is 187 Å². The summed E-state index contributed by atoms with van der Waals surface area (Å²) in [6.07, 6.45) is 0. The van der Waals surface area contributed by atoms with E-state index in [2.05, 4.69) is 10.2 Å². The van der Waals surface area contributed by atoms with Crippen molar-refractivity contribution in [2.45, 2.75) is 31.7 Å². The predicted octanol–water partition coefficient (Wildman–Crippen LogP) is 3.26. The van der Waals surface area contributed by atoms with Crippen LogP contribution in [-0.4, -0.2) is 40.0 Å². The molecule has 0 saturated carbocycles. The molecule has 3 aromatic rings. The van der Waals surface area contributed by atoms with E-state index in [-0.39, 0.29) is 34.4 Å². The number of thiophene rings is 1. The molecule has 2 aromatic heterocycles. The lowest BCUT2D eigenvalue weighted by atomic mass is 10.1. The third kappa shape index (κ3) is 4.83. The molecular weight excluding hydrogens is 438 g/mol. The first-order valence-corrected chi connectivity index (χ1v) is 11.3. The first-order valence-electron chi connectivity index (χ1n) is 9.53. The molecule has 0 unspecified atom stereocenters. The van der Waals surface area contributed by atoms with Crippen molar-refractivity contribution < 1.29 is 19.1 Å². The minimum absolute atomic E-state index is 0.171. The molecule has 0 aliphatic heterocycles. The second-order valence-corrected chi connectivity index (χ2v) is 8.42. The zero-order chi connectivity index (χ0) is 22.5. The first kappa shape index (κ1) is 22.6. The van der Waals surface area contributed by atoms with Crippen molar-refractivity contribution in [1.82, 2.24) is 14.9 Å². The third-order valence-corrected chi connectivity index (χ3v) is 6.31. The van der Waals surface area contributed by atoms with Crippen molar-refractivity contribution in [1.29, 1.82) is 0 Å². The van der Waals surface area contributed by atoms with Crippen LogP contribution in [0.5, 0.6) is 0 Å². The highest BCUT2D eigenvalue weighted by molar-refractivity contribution is 7.98. The van der Waals surface area contributed by atoms with Crippen LogP contribution in [0.2, 0.25) is 0 Å². The summed E-state index contributed by atoms with van der Waals surface area (Å²) in [5.41, 5.74) is 8.59. The molecule has 3 rings (SSSR count). The van der Waals surface area contributed by atoms with Gasteiger partial charge in [-0.25, -0.2) is 14.3 Å². The number of carbonyl (C=O) groups is 2. The van der Waals surface area contributed by atoms with E-state index >= 15 is 0 Å². The van der Waals surface area contributed by atoms with Crippen LogP contribution in [-0.2, 0) is 15.2 Å². The molecule has 0 aliphatic rings. The minimum Gasteiger partial charge on any atom is -0.462 e. The number of ether oxygens (including phenoxy) is 2. The molecule has 0 fully saturated rings. The number of carbonyl (C=O) groups excluding carboxylic acids is 2. The summed E-state index contributed by atoms with van der Waals surface area (Å²) in [5.74, 6) is 5.78. The van der Waals surface area contributed by atoms with Gasteiger partial charge in [-0.15, -0.1) is 21.5 Å². The van der Waals surface area contributed by atoms with Gasteiger partial charge in [0, 0.05) is 16.9 Å². The quantitative estimate of drug-likeness (QED) is 0.294. The normalized spacial score (nSPS) is 10.8. The molecule has 31 heavy (non-hydrogen) atoms. The van der Waals surface area contributed by atoms with Gasteiger partial charge in [-0.1, -0.05) is 41.6 Å². The lowest BCUT2D eigenvalue weighted by Crippen LogP contribution is -2.13. The molecule has 2 heterocycles. The van der Waals surface area contributed by atoms with E-state index in [1.54, 1.807) is 13.8 Å². The van der Waals surface area contributed by atoms with Gasteiger partial charge in [-0.2, -0.15) is 0 Å². The Morgan fingerprint density at radius 1 is 1.10 bits per heavy atom. The van der Waals surface area contributed by atoms with E-state index in [1.165, 1.54) is 16.4 Å². The average Bonchev–Trinajstić information content (AvgIpc) is 3.27. The highest BCUT2D eigenvalue weighted by Gasteiger charge is 2.28. The van der Waals surface area contributed by atoms with Crippen LogP contribution in [0.1, 0.15) is 45.0 Å². The second-order valence-electron chi connectivity index (χ2n) is 6.42. The number of thioether (sulfide) groups is 1. The van der Waals surface area contributed by atoms with Gasteiger partial charge in [0.25, 0.3) is 0 Å². The molecule has 0 amide bonds.